The Balaban J connectivity index is 1.59. The highest BCUT2D eigenvalue weighted by molar-refractivity contribution is 5.32. The average Bonchev–Trinajstić information content (AvgIpc) is 2.71. The van der Waals surface area contributed by atoms with Crippen LogP contribution >= 0.6 is 0 Å². The van der Waals surface area contributed by atoms with Gasteiger partial charge in [-0.1, -0.05) is 60.2 Å². The first kappa shape index (κ1) is 18.5. The van der Waals surface area contributed by atoms with Crippen molar-refractivity contribution in [1.29, 1.82) is 0 Å². The third-order valence-corrected chi connectivity index (χ3v) is 5.94. The molecule has 4 rings (SSSR count). The highest BCUT2D eigenvalue weighted by atomic mass is 16.2. The van der Waals surface area contributed by atoms with Gasteiger partial charge >= 0.3 is 5.69 Å². The summed E-state index contributed by atoms with van der Waals surface area (Å²) in [5.41, 5.74) is 4.53. The van der Waals surface area contributed by atoms with E-state index < -0.39 is 5.69 Å². The smallest absolute Gasteiger partial charge is 0.311 e. The second-order valence-corrected chi connectivity index (χ2v) is 7.93. The fourth-order valence-corrected chi connectivity index (χ4v) is 4.52. The highest BCUT2D eigenvalue weighted by Gasteiger charge is 2.26. The van der Waals surface area contributed by atoms with Gasteiger partial charge in [0.05, 0.1) is 0 Å². The van der Waals surface area contributed by atoms with Crippen LogP contribution in [0.3, 0.4) is 0 Å². The van der Waals surface area contributed by atoms with Gasteiger partial charge in [-0.15, -0.1) is 0 Å². The summed E-state index contributed by atoms with van der Waals surface area (Å²) in [6, 6.07) is 18.8. The highest BCUT2D eigenvalue weighted by Crippen LogP contribution is 2.40. The molecule has 2 N–H and O–H groups in total. The van der Waals surface area contributed by atoms with Gasteiger partial charge in [0.1, 0.15) is 0 Å². The maximum Gasteiger partial charge on any atom is 0.325 e. The van der Waals surface area contributed by atoms with E-state index in [0.717, 1.165) is 36.9 Å². The molecule has 0 spiro atoms. The van der Waals surface area contributed by atoms with Gasteiger partial charge in [-0.3, -0.25) is 9.78 Å². The lowest BCUT2D eigenvalue weighted by Crippen LogP contribution is -2.30. The zero-order chi connectivity index (χ0) is 19.5. The molecule has 1 fully saturated rings. The van der Waals surface area contributed by atoms with E-state index in [9.17, 15) is 9.59 Å². The lowest BCUT2D eigenvalue weighted by atomic mass is 9.76. The number of aromatic nitrogens is 2. The van der Waals surface area contributed by atoms with E-state index in [0.29, 0.717) is 17.9 Å². The molecule has 2 aromatic carbocycles. The summed E-state index contributed by atoms with van der Waals surface area (Å²) in [4.78, 5) is 30.0. The molecule has 0 radical (unpaired) electrons. The topological polar surface area (TPSA) is 65.7 Å². The Morgan fingerprint density at radius 2 is 1.57 bits per heavy atom. The molecule has 4 nitrogen and oxygen atoms in total. The Hall–Kier alpha value is -2.88. The minimum absolute atomic E-state index is 0.231. The van der Waals surface area contributed by atoms with E-state index in [4.69, 9.17) is 0 Å². The Kier molecular flexibility index (Phi) is 5.29. The van der Waals surface area contributed by atoms with Crippen molar-refractivity contribution in [3.8, 4) is 0 Å². The van der Waals surface area contributed by atoms with Crippen LogP contribution in [0, 0.1) is 6.92 Å². The fraction of sp³-hybridized carbons (Fsp3) is 0.333. The normalized spacial score (nSPS) is 19.5. The number of aryl methyl sites for hydroxylation is 1. The van der Waals surface area contributed by atoms with Gasteiger partial charge < -0.3 is 4.98 Å². The molecule has 144 valence electrons. The van der Waals surface area contributed by atoms with Crippen LogP contribution in [0.1, 0.15) is 65.5 Å². The second-order valence-electron chi connectivity index (χ2n) is 7.93. The number of hydrogen-bond acceptors (Lipinski definition) is 2. The molecule has 0 unspecified atom stereocenters. The van der Waals surface area contributed by atoms with Gasteiger partial charge in [-0.05, 0) is 55.6 Å². The van der Waals surface area contributed by atoms with Crippen LogP contribution < -0.4 is 11.2 Å². The zero-order valence-corrected chi connectivity index (χ0v) is 16.2. The van der Waals surface area contributed by atoms with Gasteiger partial charge in [-0.25, -0.2) is 4.79 Å². The Bertz CT molecular complexity index is 1060. The summed E-state index contributed by atoms with van der Waals surface area (Å²) in [6.45, 7) is 2.05. The van der Waals surface area contributed by atoms with Gasteiger partial charge in [-0.2, -0.15) is 0 Å². The number of H-pyrrole nitrogens is 2. The third-order valence-electron chi connectivity index (χ3n) is 5.94. The lowest BCUT2D eigenvalue weighted by molar-refractivity contribution is 0.388. The minimum atomic E-state index is -0.404. The van der Waals surface area contributed by atoms with Crippen molar-refractivity contribution >= 4 is 0 Å². The van der Waals surface area contributed by atoms with Crippen molar-refractivity contribution in [3.63, 3.8) is 0 Å². The maximum atomic E-state index is 12.6. The van der Waals surface area contributed by atoms with Crippen LogP contribution in [-0.4, -0.2) is 9.97 Å². The first-order valence-electron chi connectivity index (χ1n) is 10.1. The van der Waals surface area contributed by atoms with Gasteiger partial charge in [0.25, 0.3) is 5.56 Å². The molecule has 28 heavy (non-hydrogen) atoms. The number of aromatic amines is 2. The van der Waals surface area contributed by atoms with Gasteiger partial charge in [0.15, 0.2) is 0 Å². The van der Waals surface area contributed by atoms with Crippen LogP contribution in [-0.2, 0) is 6.42 Å². The Labute approximate surface area is 164 Å². The second kappa shape index (κ2) is 8.01. The molecule has 0 amide bonds. The number of rotatable bonds is 4. The predicted molar refractivity (Wildman–Crippen MR) is 112 cm³/mol. The zero-order valence-electron chi connectivity index (χ0n) is 16.2. The van der Waals surface area contributed by atoms with Crippen LogP contribution in [0.15, 0.2) is 64.2 Å². The first-order valence-corrected chi connectivity index (χ1v) is 10.1. The summed E-state index contributed by atoms with van der Waals surface area (Å²) in [7, 11) is 0. The van der Waals surface area contributed by atoms with Gasteiger partial charge in [0, 0.05) is 17.7 Å². The molecule has 1 aliphatic rings. The van der Waals surface area contributed by atoms with Crippen molar-refractivity contribution in [2.24, 2.45) is 0 Å². The molecule has 0 saturated heterocycles. The predicted octanol–water partition coefficient (Wildman–Crippen LogP) is 4.40. The van der Waals surface area contributed by atoms with E-state index in [1.807, 2.05) is 31.2 Å². The summed E-state index contributed by atoms with van der Waals surface area (Å²) >= 11 is 0. The molecular weight excluding hydrogens is 348 g/mol. The number of hydrogen-bond donors (Lipinski definition) is 2. The molecule has 0 bridgehead atoms. The van der Waals surface area contributed by atoms with E-state index >= 15 is 0 Å². The quantitative estimate of drug-likeness (QED) is 0.711. The van der Waals surface area contributed by atoms with Crippen LogP contribution in [0.2, 0.25) is 0 Å². The number of nitrogens with one attached hydrogen (secondary N) is 2. The minimum Gasteiger partial charge on any atom is -0.311 e. The summed E-state index contributed by atoms with van der Waals surface area (Å²) in [6.07, 6.45) is 4.67. The molecule has 1 saturated carbocycles. The summed E-state index contributed by atoms with van der Waals surface area (Å²) in [5.74, 6) is 0.793. The number of benzene rings is 2. The largest absolute Gasteiger partial charge is 0.325 e. The Morgan fingerprint density at radius 3 is 2.29 bits per heavy atom. The molecule has 0 aliphatic heterocycles. The molecular formula is C24H26N2O2. The molecule has 4 heteroatoms. The molecule has 3 aromatic rings. The summed E-state index contributed by atoms with van der Waals surface area (Å²) in [5, 5.41) is 0. The molecule has 1 aliphatic carbocycles. The van der Waals surface area contributed by atoms with Crippen LogP contribution in [0.25, 0.3) is 0 Å². The van der Waals surface area contributed by atoms with Gasteiger partial charge in [0.2, 0.25) is 0 Å². The van der Waals surface area contributed by atoms with Crippen molar-refractivity contribution in [3.05, 3.63) is 103 Å². The van der Waals surface area contributed by atoms with E-state index in [1.165, 1.54) is 11.1 Å². The van der Waals surface area contributed by atoms with Crippen molar-refractivity contribution in [2.75, 3.05) is 0 Å². The molecule has 0 atom stereocenters. The lowest BCUT2D eigenvalue weighted by Gasteiger charge is -2.29. The van der Waals surface area contributed by atoms with Crippen molar-refractivity contribution in [2.45, 2.75) is 50.9 Å². The SMILES string of the molecule is Cc1cccc(Cc2c(=O)[nH]c(=O)[nH]c2[C@H]2CC[C@H](c3ccccc3)CC2)c1. The third kappa shape index (κ3) is 4.01. The van der Waals surface area contributed by atoms with Crippen LogP contribution in [0.5, 0.6) is 0 Å². The fourth-order valence-electron chi connectivity index (χ4n) is 4.52. The standard InChI is InChI=1S/C24H26N2O2/c1-16-6-5-7-17(14-16)15-21-22(25-24(28)26-23(21)27)20-12-10-19(11-13-20)18-8-3-2-4-9-18/h2-9,14,19-20H,10-13,15H2,1H3,(H2,25,26,27,28)/t19-,20-. The maximum absolute atomic E-state index is 12.6. The van der Waals surface area contributed by atoms with Crippen molar-refractivity contribution < 1.29 is 0 Å². The average molecular weight is 374 g/mol. The molecule has 1 aromatic heterocycles. The van der Waals surface area contributed by atoms with Crippen molar-refractivity contribution in [1.82, 2.24) is 9.97 Å². The van der Waals surface area contributed by atoms with Crippen LogP contribution in [0.4, 0.5) is 0 Å². The Morgan fingerprint density at radius 1 is 0.857 bits per heavy atom. The first-order chi connectivity index (χ1) is 13.6. The monoisotopic (exact) mass is 374 g/mol. The molecule has 1 heterocycles. The van der Waals surface area contributed by atoms with E-state index in [-0.39, 0.29) is 11.5 Å². The van der Waals surface area contributed by atoms with E-state index in [2.05, 4.69) is 40.3 Å². The van der Waals surface area contributed by atoms with E-state index in [1.54, 1.807) is 0 Å². The summed E-state index contributed by atoms with van der Waals surface area (Å²) < 4.78 is 0.